The first-order chi connectivity index (χ1) is 16.6. The maximum atomic E-state index is 13.2. The number of hydrogen-bond acceptors (Lipinski definition) is 5. The molecule has 8 nitrogen and oxygen atoms in total. The van der Waals surface area contributed by atoms with E-state index in [1.807, 2.05) is 12.1 Å². The molecule has 4 rings (SSSR count). The number of anilines is 1. The number of carbonyl (C=O) groups excluding carboxylic acids is 3. The van der Waals surface area contributed by atoms with Gasteiger partial charge >= 0.3 is 0 Å². The second-order valence-corrected chi connectivity index (χ2v) is 10.8. The fourth-order valence-corrected chi connectivity index (χ4v) is 5.81. The van der Waals surface area contributed by atoms with E-state index in [2.05, 4.69) is 20.4 Å². The zero-order valence-electron chi connectivity index (χ0n) is 21.1. The molecular formula is C26H38FN5O3. The van der Waals surface area contributed by atoms with Crippen LogP contribution in [0.4, 0.5) is 10.1 Å². The number of rotatable bonds is 6. The van der Waals surface area contributed by atoms with Crippen LogP contribution in [0.3, 0.4) is 0 Å². The molecule has 1 unspecified atom stereocenters. The molecule has 3 saturated heterocycles. The Bertz CT molecular complexity index is 935. The van der Waals surface area contributed by atoms with Gasteiger partial charge in [0, 0.05) is 64.5 Å². The fourth-order valence-electron chi connectivity index (χ4n) is 5.81. The van der Waals surface area contributed by atoms with Gasteiger partial charge in [-0.1, -0.05) is 0 Å². The monoisotopic (exact) mass is 487 g/mol. The number of benzene rings is 1. The first-order valence-electron chi connectivity index (χ1n) is 12.7. The Labute approximate surface area is 207 Å². The third kappa shape index (κ3) is 5.77. The van der Waals surface area contributed by atoms with Crippen molar-refractivity contribution < 1.29 is 18.8 Å². The molecule has 2 N–H and O–H groups in total. The summed E-state index contributed by atoms with van der Waals surface area (Å²) in [5.41, 5.74) is -0.278. The van der Waals surface area contributed by atoms with Crippen molar-refractivity contribution in [3.8, 4) is 0 Å². The highest BCUT2D eigenvalue weighted by Crippen LogP contribution is 2.41. The van der Waals surface area contributed by atoms with E-state index in [1.54, 1.807) is 18.7 Å². The number of likely N-dealkylation sites (tertiary alicyclic amines) is 1. The quantitative estimate of drug-likeness (QED) is 0.639. The molecule has 3 fully saturated rings. The van der Waals surface area contributed by atoms with Crippen LogP contribution in [0.15, 0.2) is 24.3 Å². The fraction of sp³-hybridized carbons (Fsp3) is 0.654. The van der Waals surface area contributed by atoms with Crippen LogP contribution in [0.25, 0.3) is 0 Å². The van der Waals surface area contributed by atoms with Gasteiger partial charge in [-0.15, -0.1) is 0 Å². The van der Waals surface area contributed by atoms with Crippen LogP contribution in [0.5, 0.6) is 0 Å². The molecule has 1 spiro atoms. The summed E-state index contributed by atoms with van der Waals surface area (Å²) in [7, 11) is 0. The Balaban J connectivity index is 1.22. The molecule has 0 bridgehead atoms. The van der Waals surface area contributed by atoms with Gasteiger partial charge in [-0.05, 0) is 63.8 Å². The van der Waals surface area contributed by atoms with E-state index in [4.69, 9.17) is 0 Å². The van der Waals surface area contributed by atoms with E-state index >= 15 is 0 Å². The third-order valence-corrected chi connectivity index (χ3v) is 7.84. The molecule has 3 amide bonds. The summed E-state index contributed by atoms with van der Waals surface area (Å²) in [4.78, 5) is 43.8. The number of nitrogens with one attached hydrogen (secondary N) is 2. The van der Waals surface area contributed by atoms with Crippen LogP contribution in [0.2, 0.25) is 0 Å². The van der Waals surface area contributed by atoms with Gasteiger partial charge in [-0.2, -0.15) is 0 Å². The van der Waals surface area contributed by atoms with Crippen LogP contribution < -0.4 is 15.5 Å². The number of hydrogen-bond donors (Lipinski definition) is 2. The summed E-state index contributed by atoms with van der Waals surface area (Å²) in [6.07, 6.45) is 3.06. The van der Waals surface area contributed by atoms with Crippen molar-refractivity contribution in [1.29, 1.82) is 0 Å². The van der Waals surface area contributed by atoms with Crippen molar-refractivity contribution in [3.63, 3.8) is 0 Å². The number of piperidine rings is 1. The van der Waals surface area contributed by atoms with E-state index in [-0.39, 0.29) is 35.0 Å². The second kappa shape index (κ2) is 10.1. The number of piperazine rings is 1. The maximum Gasteiger partial charge on any atom is 0.247 e. The van der Waals surface area contributed by atoms with Crippen molar-refractivity contribution in [2.45, 2.75) is 58.0 Å². The normalized spacial score (nSPS) is 22.9. The lowest BCUT2D eigenvalue weighted by atomic mass is 9.75. The van der Waals surface area contributed by atoms with Crippen LogP contribution in [-0.4, -0.2) is 84.9 Å². The summed E-state index contributed by atoms with van der Waals surface area (Å²) in [6.45, 7) is 10.6. The molecule has 0 aliphatic carbocycles. The number of nitrogens with zero attached hydrogens (tertiary/aromatic N) is 3. The highest BCUT2D eigenvalue weighted by Gasteiger charge is 2.49. The van der Waals surface area contributed by atoms with Gasteiger partial charge in [0.1, 0.15) is 11.4 Å². The minimum Gasteiger partial charge on any atom is -0.369 e. The van der Waals surface area contributed by atoms with Gasteiger partial charge in [0.25, 0.3) is 0 Å². The van der Waals surface area contributed by atoms with Gasteiger partial charge in [0.2, 0.25) is 17.7 Å². The molecular weight excluding hydrogens is 449 g/mol. The molecule has 35 heavy (non-hydrogen) atoms. The van der Waals surface area contributed by atoms with Crippen LogP contribution in [0.1, 0.15) is 46.5 Å². The van der Waals surface area contributed by atoms with Gasteiger partial charge in [0.15, 0.2) is 0 Å². The molecule has 3 aliphatic heterocycles. The molecule has 0 saturated carbocycles. The van der Waals surface area contributed by atoms with Crippen molar-refractivity contribution >= 4 is 23.4 Å². The van der Waals surface area contributed by atoms with E-state index in [0.29, 0.717) is 25.9 Å². The Morgan fingerprint density at radius 2 is 1.71 bits per heavy atom. The first-order valence-corrected chi connectivity index (χ1v) is 12.7. The SMILES string of the molecule is CC(=O)NC(C)(C)C(=O)N1CCC2(CC1)CC(CCN1CCN(c3ccc(F)cc3)CC1)NC2=O. The molecule has 192 valence electrons. The maximum absolute atomic E-state index is 13.2. The van der Waals surface area contributed by atoms with E-state index in [1.165, 1.54) is 19.1 Å². The molecule has 1 atom stereocenters. The lowest BCUT2D eigenvalue weighted by Crippen LogP contribution is -2.58. The zero-order valence-corrected chi connectivity index (χ0v) is 21.1. The molecule has 1 aromatic carbocycles. The topological polar surface area (TPSA) is 85.0 Å². The minimum absolute atomic E-state index is 0.0997. The van der Waals surface area contributed by atoms with Crippen molar-refractivity contribution in [2.75, 3.05) is 50.7 Å². The zero-order chi connectivity index (χ0) is 25.2. The highest BCUT2D eigenvalue weighted by molar-refractivity contribution is 5.91. The standard InChI is InChI=1S/C26H38FN5O3/c1-19(33)29-25(2,3)24(35)32-12-9-26(10-13-32)18-21(28-23(26)34)8-11-30-14-16-31(17-15-30)22-6-4-20(27)5-7-22/h4-7,21H,8-18H2,1-3H3,(H,28,34)(H,29,33). The van der Waals surface area contributed by atoms with Crippen molar-refractivity contribution in [3.05, 3.63) is 30.1 Å². The lowest BCUT2D eigenvalue weighted by molar-refractivity contribution is -0.144. The Morgan fingerprint density at radius 3 is 2.31 bits per heavy atom. The van der Waals surface area contributed by atoms with Gasteiger partial charge in [-0.25, -0.2) is 4.39 Å². The number of carbonyl (C=O) groups is 3. The Kier molecular flexibility index (Phi) is 7.35. The summed E-state index contributed by atoms with van der Waals surface area (Å²) < 4.78 is 13.2. The summed E-state index contributed by atoms with van der Waals surface area (Å²) in [5, 5.41) is 5.95. The molecule has 9 heteroatoms. The van der Waals surface area contributed by atoms with Gasteiger partial charge in [-0.3, -0.25) is 19.3 Å². The van der Waals surface area contributed by atoms with Crippen molar-refractivity contribution in [1.82, 2.24) is 20.4 Å². The lowest BCUT2D eigenvalue weighted by Gasteiger charge is -2.40. The van der Waals surface area contributed by atoms with Crippen molar-refractivity contribution in [2.24, 2.45) is 5.41 Å². The molecule has 1 aromatic rings. The molecule has 0 aromatic heterocycles. The predicted molar refractivity (Wildman–Crippen MR) is 132 cm³/mol. The Morgan fingerprint density at radius 1 is 1.09 bits per heavy atom. The summed E-state index contributed by atoms with van der Waals surface area (Å²) in [5.74, 6) is -0.421. The molecule has 0 radical (unpaired) electrons. The van der Waals surface area contributed by atoms with E-state index in [0.717, 1.165) is 51.3 Å². The highest BCUT2D eigenvalue weighted by atomic mass is 19.1. The molecule has 3 heterocycles. The first kappa shape index (κ1) is 25.4. The van der Waals surface area contributed by atoms with E-state index in [9.17, 15) is 18.8 Å². The summed E-state index contributed by atoms with van der Waals surface area (Å²) in [6, 6.07) is 6.83. The third-order valence-electron chi connectivity index (χ3n) is 7.84. The van der Waals surface area contributed by atoms with Gasteiger partial charge in [0.05, 0.1) is 5.41 Å². The number of amides is 3. The molecule has 3 aliphatic rings. The van der Waals surface area contributed by atoms with E-state index < -0.39 is 5.54 Å². The predicted octanol–water partition coefficient (Wildman–Crippen LogP) is 1.75. The number of halogens is 1. The largest absolute Gasteiger partial charge is 0.369 e. The van der Waals surface area contributed by atoms with Crippen LogP contribution in [0, 0.1) is 11.2 Å². The Hall–Kier alpha value is -2.68. The summed E-state index contributed by atoms with van der Waals surface area (Å²) >= 11 is 0. The average Bonchev–Trinajstić information content (AvgIpc) is 3.12. The van der Waals surface area contributed by atoms with Crippen LogP contribution in [-0.2, 0) is 14.4 Å². The smallest absolute Gasteiger partial charge is 0.247 e. The average molecular weight is 488 g/mol. The second-order valence-electron chi connectivity index (χ2n) is 10.8. The minimum atomic E-state index is -0.947. The van der Waals surface area contributed by atoms with Crippen LogP contribution >= 0.6 is 0 Å². The van der Waals surface area contributed by atoms with Gasteiger partial charge < -0.3 is 20.4 Å².